The second kappa shape index (κ2) is 8.69. The van der Waals surface area contributed by atoms with Gasteiger partial charge in [-0.15, -0.1) is 0 Å². The van der Waals surface area contributed by atoms with Crippen LogP contribution in [0.25, 0.3) is 0 Å². The molecule has 0 aliphatic carbocycles. The largest absolute Gasteiger partial charge is 0.485 e. The number of carbonyl (C=O) groups excluding carboxylic acids is 2. The average molecular weight is 403 g/mol. The molecule has 1 heterocycles. The lowest BCUT2D eigenvalue weighted by atomic mass is 10.1. The molecule has 3 aromatic rings. The predicted octanol–water partition coefficient (Wildman–Crippen LogP) is 4.06. The molecule has 152 valence electrons. The number of nitrogens with one attached hydrogen (secondary N) is 1. The summed E-state index contributed by atoms with van der Waals surface area (Å²) in [7, 11) is 0. The summed E-state index contributed by atoms with van der Waals surface area (Å²) in [4.78, 5) is 25.7. The van der Waals surface area contributed by atoms with Gasteiger partial charge in [-0.2, -0.15) is 0 Å². The number of fused-ring (bicyclic) bond motifs is 1. The number of rotatable bonds is 5. The zero-order chi connectivity index (χ0) is 20.9. The van der Waals surface area contributed by atoms with Crippen LogP contribution >= 0.6 is 0 Å². The Hall–Kier alpha value is -3.80. The van der Waals surface area contributed by atoms with Crippen molar-refractivity contribution < 1.29 is 23.8 Å². The highest BCUT2D eigenvalue weighted by atomic mass is 16.6. The molecule has 4 rings (SSSR count). The van der Waals surface area contributed by atoms with Crippen molar-refractivity contribution in [2.45, 2.75) is 19.1 Å². The third kappa shape index (κ3) is 4.43. The minimum atomic E-state index is -1.12. The number of amides is 1. The van der Waals surface area contributed by atoms with Crippen molar-refractivity contribution in [3.8, 4) is 11.5 Å². The molecule has 0 spiro atoms. The minimum absolute atomic E-state index is 0.0109. The molecular formula is C24H21NO5. The van der Waals surface area contributed by atoms with Gasteiger partial charge in [-0.1, -0.05) is 60.2 Å². The van der Waals surface area contributed by atoms with E-state index in [9.17, 15) is 9.59 Å². The van der Waals surface area contributed by atoms with E-state index in [1.165, 1.54) is 0 Å². The van der Waals surface area contributed by atoms with Crippen LogP contribution in [0.3, 0.4) is 0 Å². The first-order valence-corrected chi connectivity index (χ1v) is 9.61. The van der Waals surface area contributed by atoms with Crippen molar-refractivity contribution in [1.82, 2.24) is 0 Å². The second-order valence-corrected chi connectivity index (χ2v) is 6.95. The van der Waals surface area contributed by atoms with Crippen molar-refractivity contribution >= 4 is 17.6 Å². The molecule has 0 radical (unpaired) electrons. The third-order valence-corrected chi connectivity index (χ3v) is 4.67. The van der Waals surface area contributed by atoms with E-state index in [1.807, 2.05) is 31.2 Å². The first kappa shape index (κ1) is 19.5. The number of hydrogen-bond acceptors (Lipinski definition) is 5. The number of para-hydroxylation sites is 2. The summed E-state index contributed by atoms with van der Waals surface area (Å²) >= 11 is 0. The zero-order valence-corrected chi connectivity index (χ0v) is 16.4. The quantitative estimate of drug-likeness (QED) is 0.651. The monoisotopic (exact) mass is 403 g/mol. The Morgan fingerprint density at radius 3 is 2.33 bits per heavy atom. The van der Waals surface area contributed by atoms with Gasteiger partial charge in [0.2, 0.25) is 12.2 Å². The van der Waals surface area contributed by atoms with Crippen LogP contribution in [0, 0.1) is 6.92 Å². The van der Waals surface area contributed by atoms with Gasteiger partial charge in [0, 0.05) is 11.3 Å². The van der Waals surface area contributed by atoms with E-state index in [-0.39, 0.29) is 6.61 Å². The number of benzene rings is 3. The molecule has 1 aliphatic heterocycles. The number of hydrogen-bond donors (Lipinski definition) is 1. The molecular weight excluding hydrogens is 382 g/mol. The highest BCUT2D eigenvalue weighted by Gasteiger charge is 2.33. The maximum absolute atomic E-state index is 13.0. The van der Waals surface area contributed by atoms with Crippen LogP contribution in [0.2, 0.25) is 0 Å². The first-order chi connectivity index (χ1) is 14.6. The predicted molar refractivity (Wildman–Crippen MR) is 111 cm³/mol. The van der Waals surface area contributed by atoms with E-state index in [2.05, 4.69) is 5.32 Å². The fourth-order valence-electron chi connectivity index (χ4n) is 3.07. The van der Waals surface area contributed by atoms with Crippen molar-refractivity contribution in [2.24, 2.45) is 0 Å². The number of ether oxygens (including phenoxy) is 3. The second-order valence-electron chi connectivity index (χ2n) is 6.95. The summed E-state index contributed by atoms with van der Waals surface area (Å²) in [5, 5.41) is 2.80. The molecule has 30 heavy (non-hydrogen) atoms. The summed E-state index contributed by atoms with van der Waals surface area (Å²) in [5.74, 6) is -0.0858. The average Bonchev–Trinajstić information content (AvgIpc) is 2.79. The van der Waals surface area contributed by atoms with Gasteiger partial charge in [-0.05, 0) is 31.2 Å². The van der Waals surface area contributed by atoms with Gasteiger partial charge in [-0.25, -0.2) is 4.79 Å². The number of anilines is 1. The van der Waals surface area contributed by atoms with Crippen LogP contribution in [0.4, 0.5) is 5.69 Å². The van der Waals surface area contributed by atoms with Crippen molar-refractivity contribution in [2.75, 3.05) is 11.9 Å². The molecule has 1 aliphatic rings. The van der Waals surface area contributed by atoms with Crippen LogP contribution in [-0.2, 0) is 14.3 Å². The van der Waals surface area contributed by atoms with Crippen LogP contribution in [0.1, 0.15) is 17.2 Å². The van der Waals surface area contributed by atoms with E-state index in [0.717, 1.165) is 5.56 Å². The highest BCUT2D eigenvalue weighted by molar-refractivity contribution is 5.96. The molecule has 0 saturated carbocycles. The van der Waals surface area contributed by atoms with E-state index < -0.39 is 24.1 Å². The van der Waals surface area contributed by atoms with Crippen molar-refractivity contribution in [3.63, 3.8) is 0 Å². The molecule has 6 nitrogen and oxygen atoms in total. The minimum Gasteiger partial charge on any atom is -0.485 e. The van der Waals surface area contributed by atoms with Gasteiger partial charge >= 0.3 is 5.97 Å². The van der Waals surface area contributed by atoms with E-state index >= 15 is 0 Å². The van der Waals surface area contributed by atoms with Gasteiger partial charge in [0.05, 0.1) is 0 Å². The lowest BCUT2D eigenvalue weighted by Crippen LogP contribution is -2.39. The van der Waals surface area contributed by atoms with Crippen molar-refractivity contribution in [1.29, 1.82) is 0 Å². The molecule has 2 atom stereocenters. The lowest BCUT2D eigenvalue weighted by molar-refractivity contribution is -0.164. The Morgan fingerprint density at radius 1 is 0.933 bits per heavy atom. The lowest BCUT2D eigenvalue weighted by Gasteiger charge is -2.26. The third-order valence-electron chi connectivity index (χ3n) is 4.67. The number of esters is 1. The molecule has 0 saturated heterocycles. The highest BCUT2D eigenvalue weighted by Crippen LogP contribution is 2.32. The Kier molecular flexibility index (Phi) is 5.66. The Morgan fingerprint density at radius 2 is 1.60 bits per heavy atom. The molecule has 0 bridgehead atoms. The molecule has 1 N–H and O–H groups in total. The van der Waals surface area contributed by atoms with E-state index in [1.54, 1.807) is 54.6 Å². The maximum Gasteiger partial charge on any atom is 0.352 e. The molecule has 0 fully saturated rings. The van der Waals surface area contributed by atoms with Gasteiger partial charge < -0.3 is 19.5 Å². The standard InChI is InChI=1S/C24H21NO5/c1-16-11-13-18(14-12-16)25-23(26)22(17-7-3-2-4-8-17)30-24(27)21-15-28-19-9-5-6-10-20(19)29-21/h2-14,21-22H,15H2,1H3,(H,25,26)/t21-,22-/m1/s1. The summed E-state index contributed by atoms with van der Waals surface area (Å²) in [5.41, 5.74) is 2.26. The summed E-state index contributed by atoms with van der Waals surface area (Å²) in [6.45, 7) is 1.97. The zero-order valence-electron chi connectivity index (χ0n) is 16.4. The first-order valence-electron chi connectivity index (χ1n) is 9.61. The van der Waals surface area contributed by atoms with Gasteiger partial charge in [0.25, 0.3) is 5.91 Å². The molecule has 0 aromatic heterocycles. The van der Waals surface area contributed by atoms with Crippen LogP contribution in [0.15, 0.2) is 78.9 Å². The fourth-order valence-corrected chi connectivity index (χ4v) is 3.07. The summed E-state index contributed by atoms with van der Waals surface area (Å²) in [6.07, 6.45) is -2.08. The SMILES string of the molecule is Cc1ccc(NC(=O)[C@H](OC(=O)[C@H]2COc3ccccc3O2)c2ccccc2)cc1. The van der Waals surface area contributed by atoms with Crippen molar-refractivity contribution in [3.05, 3.63) is 90.0 Å². The molecule has 6 heteroatoms. The summed E-state index contributed by atoms with van der Waals surface area (Å²) < 4.78 is 16.9. The van der Waals surface area contributed by atoms with Crippen LogP contribution < -0.4 is 14.8 Å². The molecule has 0 unspecified atom stereocenters. The number of carbonyl (C=O) groups is 2. The van der Waals surface area contributed by atoms with E-state index in [0.29, 0.717) is 22.7 Å². The molecule has 1 amide bonds. The van der Waals surface area contributed by atoms with Gasteiger partial charge in [0.15, 0.2) is 11.5 Å². The topological polar surface area (TPSA) is 73.9 Å². The van der Waals surface area contributed by atoms with E-state index in [4.69, 9.17) is 14.2 Å². The van der Waals surface area contributed by atoms with Crippen LogP contribution in [0.5, 0.6) is 11.5 Å². The summed E-state index contributed by atoms with van der Waals surface area (Å²) in [6, 6.07) is 23.3. The Bertz CT molecular complexity index is 1030. The number of aryl methyl sites for hydroxylation is 1. The Labute approximate surface area is 174 Å². The molecule has 3 aromatic carbocycles. The van der Waals surface area contributed by atoms with Gasteiger partial charge in [-0.3, -0.25) is 4.79 Å². The van der Waals surface area contributed by atoms with Gasteiger partial charge in [0.1, 0.15) is 6.61 Å². The fraction of sp³-hybridized carbons (Fsp3) is 0.167. The normalized spacial score (nSPS) is 15.7. The Balaban J connectivity index is 1.51. The smallest absolute Gasteiger partial charge is 0.352 e. The van der Waals surface area contributed by atoms with Crippen LogP contribution in [-0.4, -0.2) is 24.6 Å². The maximum atomic E-state index is 13.0.